The molecule has 2 aliphatic heterocycles. The highest BCUT2D eigenvalue weighted by atomic mass is 19.4. The average Bonchev–Trinajstić information content (AvgIpc) is 3.46. The molecule has 41 heavy (non-hydrogen) atoms. The molecule has 3 aliphatic rings. The number of nitrogens with one attached hydrogen (secondary N) is 2. The highest BCUT2D eigenvalue weighted by Gasteiger charge is 2.43. The summed E-state index contributed by atoms with van der Waals surface area (Å²) < 4.78 is 56.7. The molecule has 218 valence electrons. The fourth-order valence-corrected chi connectivity index (χ4v) is 5.60. The van der Waals surface area contributed by atoms with Gasteiger partial charge in [0, 0.05) is 56.6 Å². The summed E-state index contributed by atoms with van der Waals surface area (Å²) in [4.78, 5) is 32.2. The van der Waals surface area contributed by atoms with Gasteiger partial charge in [-0.25, -0.2) is 9.38 Å². The molecule has 0 aromatic heterocycles. The van der Waals surface area contributed by atoms with Crippen molar-refractivity contribution in [2.45, 2.75) is 44.4 Å². The SMILES string of the molecule is CN1CCN(c2cc(F)c(-c3cccc(CNC4CCCC4)c3)cc2NC(=O)C2C=NC(=O)C=C2C(F)(F)F)CC1. The molecule has 2 heterocycles. The van der Waals surface area contributed by atoms with Crippen LogP contribution in [0.3, 0.4) is 0 Å². The molecule has 11 heteroatoms. The fraction of sp³-hybridized carbons (Fsp3) is 0.433. The van der Waals surface area contributed by atoms with E-state index in [2.05, 4.69) is 20.5 Å². The van der Waals surface area contributed by atoms with Crippen molar-refractivity contribution < 1.29 is 27.2 Å². The zero-order valence-electron chi connectivity index (χ0n) is 22.8. The normalized spacial score (nSPS) is 20.4. The maximum Gasteiger partial charge on any atom is 0.414 e. The molecule has 5 rings (SSSR count). The predicted octanol–water partition coefficient (Wildman–Crippen LogP) is 4.93. The minimum atomic E-state index is -4.90. The quantitative estimate of drug-likeness (QED) is 0.461. The van der Waals surface area contributed by atoms with Gasteiger partial charge in [0.2, 0.25) is 5.91 Å². The molecule has 0 radical (unpaired) electrons. The summed E-state index contributed by atoms with van der Waals surface area (Å²) in [6.07, 6.45) is 0.840. The lowest BCUT2D eigenvalue weighted by atomic mass is 9.95. The van der Waals surface area contributed by atoms with Gasteiger partial charge < -0.3 is 20.4 Å². The number of alkyl halides is 3. The van der Waals surface area contributed by atoms with Gasteiger partial charge >= 0.3 is 6.18 Å². The smallest absolute Gasteiger partial charge is 0.367 e. The number of likely N-dealkylation sites (N-methyl/N-ethyl adjacent to an activating group) is 1. The molecule has 2 aromatic carbocycles. The van der Waals surface area contributed by atoms with Gasteiger partial charge in [-0.05, 0) is 49.2 Å². The van der Waals surface area contributed by atoms with E-state index >= 15 is 4.39 Å². The van der Waals surface area contributed by atoms with E-state index in [0.717, 1.165) is 18.4 Å². The third kappa shape index (κ3) is 6.84. The van der Waals surface area contributed by atoms with Crippen molar-refractivity contribution in [2.24, 2.45) is 10.9 Å². The van der Waals surface area contributed by atoms with Crippen LogP contribution in [0.5, 0.6) is 0 Å². The molecule has 1 aliphatic carbocycles. The van der Waals surface area contributed by atoms with Crippen molar-refractivity contribution in [1.29, 1.82) is 0 Å². The monoisotopic (exact) mass is 571 g/mol. The van der Waals surface area contributed by atoms with Crippen LogP contribution >= 0.6 is 0 Å². The first-order valence-corrected chi connectivity index (χ1v) is 13.9. The van der Waals surface area contributed by atoms with Crippen LogP contribution in [0.25, 0.3) is 11.1 Å². The third-order valence-electron chi connectivity index (χ3n) is 7.95. The molecule has 1 unspecified atom stereocenters. The van der Waals surface area contributed by atoms with Crippen molar-refractivity contribution in [3.8, 4) is 11.1 Å². The largest absolute Gasteiger partial charge is 0.414 e. The first kappa shape index (κ1) is 28.9. The highest BCUT2D eigenvalue weighted by molar-refractivity contribution is 6.11. The Balaban J connectivity index is 1.47. The number of halogens is 4. The topological polar surface area (TPSA) is 77.0 Å². The van der Waals surface area contributed by atoms with E-state index in [0.29, 0.717) is 62.3 Å². The van der Waals surface area contributed by atoms with Gasteiger partial charge in [0.25, 0.3) is 5.91 Å². The molecule has 7 nitrogen and oxygen atoms in total. The number of benzene rings is 2. The number of amides is 2. The molecule has 0 bridgehead atoms. The molecule has 2 fully saturated rings. The number of dihydropyridines is 1. The minimum absolute atomic E-state index is 0.192. The first-order valence-electron chi connectivity index (χ1n) is 13.9. The van der Waals surface area contributed by atoms with E-state index in [9.17, 15) is 22.8 Å². The molecule has 1 saturated heterocycles. The van der Waals surface area contributed by atoms with Crippen LogP contribution in [0.4, 0.5) is 28.9 Å². The van der Waals surface area contributed by atoms with Gasteiger partial charge in [-0.15, -0.1) is 0 Å². The number of hydrogen-bond donors (Lipinski definition) is 2. The molecule has 1 atom stereocenters. The summed E-state index contributed by atoms with van der Waals surface area (Å²) in [5.74, 6) is -4.40. The molecule has 2 N–H and O–H groups in total. The zero-order chi connectivity index (χ0) is 29.1. The van der Waals surface area contributed by atoms with E-state index in [1.807, 2.05) is 30.1 Å². The zero-order valence-corrected chi connectivity index (χ0v) is 22.8. The van der Waals surface area contributed by atoms with Gasteiger partial charge in [0.1, 0.15) is 11.7 Å². The Morgan fingerprint density at radius 2 is 1.80 bits per heavy atom. The summed E-state index contributed by atoms with van der Waals surface area (Å²) in [5.41, 5.74) is 1.08. The highest BCUT2D eigenvalue weighted by Crippen LogP contribution is 2.37. The van der Waals surface area contributed by atoms with Crippen LogP contribution in [0.1, 0.15) is 31.2 Å². The maximum absolute atomic E-state index is 15.7. The maximum atomic E-state index is 15.7. The Morgan fingerprint density at radius 3 is 2.51 bits per heavy atom. The Morgan fingerprint density at radius 1 is 1.07 bits per heavy atom. The van der Waals surface area contributed by atoms with Crippen molar-refractivity contribution >= 4 is 29.4 Å². The summed E-state index contributed by atoms with van der Waals surface area (Å²) in [6, 6.07) is 10.7. The summed E-state index contributed by atoms with van der Waals surface area (Å²) >= 11 is 0. The predicted molar refractivity (Wildman–Crippen MR) is 150 cm³/mol. The number of aliphatic imine (C=N–C) groups is 1. The Bertz CT molecular complexity index is 1360. The lowest BCUT2D eigenvalue weighted by Crippen LogP contribution is -2.45. The van der Waals surface area contributed by atoms with E-state index in [-0.39, 0.29) is 11.3 Å². The van der Waals surface area contributed by atoms with Crippen LogP contribution in [0, 0.1) is 11.7 Å². The van der Waals surface area contributed by atoms with Gasteiger partial charge in [0.15, 0.2) is 0 Å². The van der Waals surface area contributed by atoms with Crippen LogP contribution in [0.2, 0.25) is 0 Å². The van der Waals surface area contributed by atoms with Gasteiger partial charge in [0.05, 0.1) is 16.9 Å². The van der Waals surface area contributed by atoms with Crippen LogP contribution in [-0.2, 0) is 16.1 Å². The molecule has 2 aromatic rings. The van der Waals surface area contributed by atoms with Gasteiger partial charge in [-0.1, -0.05) is 31.0 Å². The number of piperazine rings is 1. The van der Waals surface area contributed by atoms with Crippen molar-refractivity contribution in [1.82, 2.24) is 10.2 Å². The van der Waals surface area contributed by atoms with E-state index in [4.69, 9.17) is 0 Å². The second-order valence-corrected chi connectivity index (χ2v) is 10.9. The minimum Gasteiger partial charge on any atom is -0.367 e. The number of carbonyl (C=O) groups excluding carboxylic acids is 2. The second kappa shape index (κ2) is 12.1. The summed E-state index contributed by atoms with van der Waals surface area (Å²) in [6.45, 7) is 3.13. The van der Waals surface area contributed by atoms with Crippen LogP contribution in [0.15, 0.2) is 53.0 Å². The lowest BCUT2D eigenvalue weighted by Gasteiger charge is -2.35. The summed E-state index contributed by atoms with van der Waals surface area (Å²) in [7, 11) is 1.97. The van der Waals surface area contributed by atoms with Crippen LogP contribution in [-0.4, -0.2) is 68.4 Å². The number of nitrogens with zero attached hydrogens (tertiary/aromatic N) is 3. The molecule has 1 saturated carbocycles. The Kier molecular flexibility index (Phi) is 8.55. The van der Waals surface area contributed by atoms with Crippen LogP contribution < -0.4 is 15.5 Å². The first-order chi connectivity index (χ1) is 19.6. The van der Waals surface area contributed by atoms with Gasteiger partial charge in [-0.2, -0.15) is 13.2 Å². The Hall–Kier alpha value is -3.57. The van der Waals surface area contributed by atoms with E-state index in [1.165, 1.54) is 25.0 Å². The summed E-state index contributed by atoms with van der Waals surface area (Å²) in [5, 5.41) is 6.15. The van der Waals surface area contributed by atoms with E-state index in [1.54, 1.807) is 6.07 Å². The van der Waals surface area contributed by atoms with Crippen molar-refractivity contribution in [3.63, 3.8) is 0 Å². The number of carbonyl (C=O) groups is 2. The Labute approximate surface area is 236 Å². The number of hydrogen-bond acceptors (Lipinski definition) is 5. The average molecular weight is 572 g/mol. The molecular formula is C30H33F4N5O2. The number of anilines is 2. The standard InChI is InChI=1S/C30H33F4N5O2/c1-38-9-11-39(12-10-38)27-16-25(31)22(20-6-4-5-19(13-20)17-35-21-7-2-3-8-21)14-26(27)37-29(41)23-18-36-28(40)15-24(23)30(32,33)34/h4-6,13-16,18,21,23,35H,2-3,7-12,17H2,1H3,(H,37,41). The molecule has 0 spiro atoms. The van der Waals surface area contributed by atoms with Gasteiger partial charge in [-0.3, -0.25) is 9.59 Å². The van der Waals surface area contributed by atoms with E-state index < -0.39 is 35.3 Å². The van der Waals surface area contributed by atoms with Crippen molar-refractivity contribution in [2.75, 3.05) is 43.4 Å². The second-order valence-electron chi connectivity index (χ2n) is 10.9. The molecular weight excluding hydrogens is 538 g/mol. The molecule has 2 amide bonds. The van der Waals surface area contributed by atoms with Crippen molar-refractivity contribution in [3.05, 3.63) is 59.4 Å². The fourth-order valence-electron chi connectivity index (χ4n) is 5.60. The lowest BCUT2D eigenvalue weighted by molar-refractivity contribution is -0.124. The third-order valence-corrected chi connectivity index (χ3v) is 7.95. The number of rotatable bonds is 7.